The average Bonchev–Trinajstić information content (AvgIpc) is 2.55. The third-order valence-electron chi connectivity index (χ3n) is 3.69. The number of benzene rings is 1. The van der Waals surface area contributed by atoms with Crippen LogP contribution >= 0.6 is 23.2 Å². The summed E-state index contributed by atoms with van der Waals surface area (Å²) in [5.74, 6) is -1.09. The Balaban J connectivity index is 2.12. The monoisotopic (exact) mass is 379 g/mol. The van der Waals surface area contributed by atoms with Gasteiger partial charge in [0.25, 0.3) is 0 Å². The van der Waals surface area contributed by atoms with Gasteiger partial charge in [-0.05, 0) is 30.0 Å². The van der Waals surface area contributed by atoms with E-state index in [4.69, 9.17) is 27.9 Å². The maximum atomic E-state index is 12.5. The molecule has 0 fully saturated rings. The minimum absolute atomic E-state index is 0.00530. The van der Waals surface area contributed by atoms with E-state index >= 15 is 0 Å². The lowest BCUT2D eigenvalue weighted by Gasteiger charge is -2.19. The summed E-state index contributed by atoms with van der Waals surface area (Å²) in [4.78, 5) is 28.5. The largest absolute Gasteiger partial charge is 0.449 e. The van der Waals surface area contributed by atoms with Gasteiger partial charge in [0.1, 0.15) is 5.15 Å². The van der Waals surface area contributed by atoms with Crippen molar-refractivity contribution in [3.05, 3.63) is 63.4 Å². The van der Waals surface area contributed by atoms with E-state index in [0.717, 1.165) is 5.56 Å². The van der Waals surface area contributed by atoms with Crippen molar-refractivity contribution < 1.29 is 14.3 Å². The van der Waals surface area contributed by atoms with E-state index in [9.17, 15) is 9.59 Å². The summed E-state index contributed by atoms with van der Waals surface area (Å²) in [7, 11) is 0. The van der Waals surface area contributed by atoms with Gasteiger partial charge in [-0.3, -0.25) is 4.79 Å². The molecule has 0 saturated carbocycles. The smallest absolute Gasteiger partial charge is 0.359 e. The molecule has 0 aliphatic heterocycles. The lowest BCUT2D eigenvalue weighted by molar-refractivity contribution is 0.0313. The van der Waals surface area contributed by atoms with Crippen molar-refractivity contribution in [2.24, 2.45) is 0 Å². The number of ether oxygens (including phenoxy) is 1. The first-order valence-corrected chi connectivity index (χ1v) is 8.53. The van der Waals surface area contributed by atoms with Crippen LogP contribution in [0.4, 0.5) is 0 Å². The van der Waals surface area contributed by atoms with E-state index in [0.29, 0.717) is 5.56 Å². The predicted octanol–water partition coefficient (Wildman–Crippen LogP) is 5.11. The third-order valence-corrected chi connectivity index (χ3v) is 4.21. The van der Waals surface area contributed by atoms with E-state index in [1.165, 1.54) is 19.1 Å². The Hall–Kier alpha value is -1.91. The molecular formula is C19H19Cl2NO3. The molecule has 1 atom stereocenters. The summed E-state index contributed by atoms with van der Waals surface area (Å²) in [5, 5.41) is 0.233. The van der Waals surface area contributed by atoms with Crippen molar-refractivity contribution in [3.63, 3.8) is 0 Å². The number of hydrogen-bond acceptors (Lipinski definition) is 4. The first-order chi connectivity index (χ1) is 11.6. The standard InChI is InChI=1S/C19H19Cl2NO3/c1-11(25-18(24)16-14(20)9-10-15(21)22-16)17(23)12-5-7-13(8-6-12)19(2,3)4/h5-11H,1-4H3/t11-/m1/s1. The molecule has 25 heavy (non-hydrogen) atoms. The first kappa shape index (κ1) is 19.4. The van der Waals surface area contributed by atoms with Crippen LogP contribution in [0, 0.1) is 0 Å². The highest BCUT2D eigenvalue weighted by molar-refractivity contribution is 6.34. The maximum absolute atomic E-state index is 12.5. The van der Waals surface area contributed by atoms with Crippen molar-refractivity contribution in [1.82, 2.24) is 4.98 Å². The molecule has 2 aromatic rings. The molecule has 0 N–H and O–H groups in total. The summed E-state index contributed by atoms with van der Waals surface area (Å²) in [6.45, 7) is 7.79. The fraction of sp³-hybridized carbons (Fsp3) is 0.316. The van der Waals surface area contributed by atoms with E-state index in [2.05, 4.69) is 25.8 Å². The predicted molar refractivity (Wildman–Crippen MR) is 98.6 cm³/mol. The van der Waals surface area contributed by atoms with Gasteiger partial charge in [-0.1, -0.05) is 68.2 Å². The quantitative estimate of drug-likeness (QED) is 0.420. The molecule has 0 aliphatic rings. The van der Waals surface area contributed by atoms with Crippen LogP contribution in [0.5, 0.6) is 0 Å². The van der Waals surface area contributed by atoms with Gasteiger partial charge in [-0.2, -0.15) is 0 Å². The molecule has 1 aromatic heterocycles. The Morgan fingerprint density at radius 2 is 1.64 bits per heavy atom. The number of Topliss-reactive ketones (excluding diaryl/α,β-unsaturated/α-hetero) is 1. The summed E-state index contributed by atoms with van der Waals surface area (Å²) >= 11 is 11.7. The number of carbonyl (C=O) groups excluding carboxylic acids is 2. The normalized spacial score (nSPS) is 12.6. The topological polar surface area (TPSA) is 56.3 Å². The van der Waals surface area contributed by atoms with Gasteiger partial charge in [-0.15, -0.1) is 0 Å². The fourth-order valence-corrected chi connectivity index (χ4v) is 2.53. The summed E-state index contributed by atoms with van der Waals surface area (Å²) in [6.07, 6.45) is -0.968. The number of pyridine rings is 1. The first-order valence-electron chi connectivity index (χ1n) is 7.77. The van der Waals surface area contributed by atoms with Crippen LogP contribution in [-0.4, -0.2) is 22.8 Å². The molecule has 0 unspecified atom stereocenters. The number of esters is 1. The summed E-state index contributed by atoms with van der Waals surface area (Å²) in [5.41, 5.74) is 1.47. The third kappa shape index (κ3) is 4.80. The van der Waals surface area contributed by atoms with E-state index < -0.39 is 12.1 Å². The van der Waals surface area contributed by atoms with Gasteiger partial charge in [-0.25, -0.2) is 9.78 Å². The van der Waals surface area contributed by atoms with Crippen molar-refractivity contribution >= 4 is 35.0 Å². The zero-order valence-corrected chi connectivity index (χ0v) is 16.0. The second kappa shape index (κ2) is 7.54. The Labute approximate surface area is 157 Å². The number of rotatable bonds is 4. The molecule has 0 bridgehead atoms. The van der Waals surface area contributed by atoms with Gasteiger partial charge in [0.05, 0.1) is 5.02 Å². The van der Waals surface area contributed by atoms with Crippen LogP contribution in [-0.2, 0) is 10.2 Å². The highest BCUT2D eigenvalue weighted by Crippen LogP contribution is 2.23. The Morgan fingerprint density at radius 3 is 2.20 bits per heavy atom. The summed E-state index contributed by atoms with van der Waals surface area (Å²) in [6, 6.07) is 10.2. The average molecular weight is 380 g/mol. The molecular weight excluding hydrogens is 361 g/mol. The van der Waals surface area contributed by atoms with Gasteiger partial charge in [0.2, 0.25) is 5.78 Å². The Bertz CT molecular complexity index is 795. The zero-order valence-electron chi connectivity index (χ0n) is 14.5. The van der Waals surface area contributed by atoms with Crippen LogP contribution in [0.2, 0.25) is 10.2 Å². The molecule has 1 aromatic carbocycles. The number of nitrogens with zero attached hydrogens (tertiary/aromatic N) is 1. The Morgan fingerprint density at radius 1 is 1.04 bits per heavy atom. The lowest BCUT2D eigenvalue weighted by atomic mass is 9.86. The molecule has 6 heteroatoms. The minimum atomic E-state index is -0.968. The van der Waals surface area contributed by atoms with Crippen LogP contribution in [0.25, 0.3) is 0 Å². The molecule has 0 aliphatic carbocycles. The van der Waals surface area contributed by atoms with Gasteiger partial charge >= 0.3 is 5.97 Å². The Kier molecular flexibility index (Phi) is 5.86. The van der Waals surface area contributed by atoms with Gasteiger partial charge < -0.3 is 4.74 Å². The fourth-order valence-electron chi connectivity index (χ4n) is 2.20. The van der Waals surface area contributed by atoms with Crippen molar-refractivity contribution in [1.29, 1.82) is 0 Å². The molecule has 132 valence electrons. The summed E-state index contributed by atoms with van der Waals surface area (Å²) < 4.78 is 5.19. The van der Waals surface area contributed by atoms with Crippen molar-refractivity contribution in [3.8, 4) is 0 Å². The minimum Gasteiger partial charge on any atom is -0.449 e. The molecule has 2 rings (SSSR count). The van der Waals surface area contributed by atoms with Crippen LogP contribution in [0.3, 0.4) is 0 Å². The lowest BCUT2D eigenvalue weighted by Crippen LogP contribution is -2.25. The molecule has 0 radical (unpaired) electrons. The highest BCUT2D eigenvalue weighted by atomic mass is 35.5. The number of carbonyl (C=O) groups is 2. The second-order valence-corrected chi connectivity index (χ2v) is 7.50. The van der Waals surface area contributed by atoms with Crippen molar-refractivity contribution in [2.75, 3.05) is 0 Å². The zero-order chi connectivity index (χ0) is 18.8. The maximum Gasteiger partial charge on any atom is 0.359 e. The van der Waals surface area contributed by atoms with Gasteiger partial charge in [0.15, 0.2) is 11.8 Å². The van der Waals surface area contributed by atoms with Crippen molar-refractivity contribution in [2.45, 2.75) is 39.2 Å². The van der Waals surface area contributed by atoms with Crippen LogP contribution in [0.1, 0.15) is 54.1 Å². The molecule has 4 nitrogen and oxygen atoms in total. The molecule has 0 amide bonds. The van der Waals surface area contributed by atoms with Crippen LogP contribution in [0.15, 0.2) is 36.4 Å². The number of ketones is 1. The van der Waals surface area contributed by atoms with Crippen LogP contribution < -0.4 is 0 Å². The van der Waals surface area contributed by atoms with E-state index in [1.54, 1.807) is 12.1 Å². The van der Waals surface area contributed by atoms with E-state index in [1.807, 2.05) is 12.1 Å². The molecule has 1 heterocycles. The molecule has 0 spiro atoms. The van der Waals surface area contributed by atoms with E-state index in [-0.39, 0.29) is 27.1 Å². The van der Waals surface area contributed by atoms with Gasteiger partial charge in [0, 0.05) is 5.56 Å². The number of hydrogen-bond donors (Lipinski definition) is 0. The number of halogens is 2. The molecule has 0 saturated heterocycles. The highest BCUT2D eigenvalue weighted by Gasteiger charge is 2.23. The second-order valence-electron chi connectivity index (χ2n) is 6.70. The number of aromatic nitrogens is 1. The SMILES string of the molecule is C[C@@H](OC(=O)c1nc(Cl)ccc1Cl)C(=O)c1ccc(C(C)(C)C)cc1.